The second-order valence-electron chi connectivity index (χ2n) is 4.29. The molecule has 1 aromatic rings. The molecule has 1 aromatic heterocycles. The van der Waals surface area contributed by atoms with Crippen molar-refractivity contribution in [3.8, 4) is 0 Å². The third kappa shape index (κ3) is 2.93. The number of aromatic amines is 1. The first-order chi connectivity index (χ1) is 9.11. The maximum absolute atomic E-state index is 12.1. The summed E-state index contributed by atoms with van der Waals surface area (Å²) in [6.07, 6.45) is 3.00. The van der Waals surface area contributed by atoms with E-state index in [0.717, 1.165) is 0 Å². The van der Waals surface area contributed by atoms with Crippen molar-refractivity contribution >= 4 is 12.0 Å². The Morgan fingerprint density at radius 1 is 1.53 bits per heavy atom. The molecule has 1 aliphatic rings. The van der Waals surface area contributed by atoms with Crippen LogP contribution >= 0.6 is 0 Å². The Morgan fingerprint density at radius 3 is 3.00 bits per heavy atom. The molecule has 1 atom stereocenters. The van der Waals surface area contributed by atoms with E-state index >= 15 is 0 Å². The van der Waals surface area contributed by atoms with Crippen LogP contribution in [-0.4, -0.2) is 48.1 Å². The van der Waals surface area contributed by atoms with Gasteiger partial charge in [0.1, 0.15) is 5.56 Å². The zero-order valence-corrected chi connectivity index (χ0v) is 10.5. The Morgan fingerprint density at radius 2 is 2.32 bits per heavy atom. The summed E-state index contributed by atoms with van der Waals surface area (Å²) in [7, 11) is 1.29. The number of alkyl carbamates (subject to hydrolysis) is 1. The van der Waals surface area contributed by atoms with Gasteiger partial charge in [0.05, 0.1) is 13.2 Å². The van der Waals surface area contributed by atoms with E-state index in [2.05, 4.69) is 15.0 Å². The van der Waals surface area contributed by atoms with Gasteiger partial charge in [-0.25, -0.2) is 4.79 Å². The van der Waals surface area contributed by atoms with Gasteiger partial charge in [-0.3, -0.25) is 9.59 Å². The lowest BCUT2D eigenvalue weighted by atomic mass is 10.2. The van der Waals surface area contributed by atoms with Gasteiger partial charge in [-0.05, 0) is 6.42 Å². The Labute approximate surface area is 109 Å². The average Bonchev–Trinajstić information content (AvgIpc) is 2.87. The number of pyridine rings is 1. The lowest BCUT2D eigenvalue weighted by Crippen LogP contribution is -2.39. The highest BCUT2D eigenvalue weighted by molar-refractivity contribution is 5.94. The van der Waals surface area contributed by atoms with E-state index in [9.17, 15) is 14.4 Å². The first kappa shape index (κ1) is 13.1. The van der Waals surface area contributed by atoms with Gasteiger partial charge in [0.2, 0.25) is 0 Å². The quantitative estimate of drug-likeness (QED) is 0.784. The second-order valence-corrected chi connectivity index (χ2v) is 4.29. The molecule has 0 aliphatic carbocycles. The highest BCUT2D eigenvalue weighted by Crippen LogP contribution is 2.11. The first-order valence-corrected chi connectivity index (χ1v) is 5.92. The van der Waals surface area contributed by atoms with Crippen LogP contribution in [0, 0.1) is 0 Å². The largest absolute Gasteiger partial charge is 0.453 e. The molecule has 0 radical (unpaired) electrons. The summed E-state index contributed by atoms with van der Waals surface area (Å²) in [5, 5.41) is 2.64. The van der Waals surface area contributed by atoms with Crippen LogP contribution in [0.3, 0.4) is 0 Å². The molecule has 19 heavy (non-hydrogen) atoms. The van der Waals surface area contributed by atoms with Gasteiger partial charge in [0.15, 0.2) is 5.43 Å². The fourth-order valence-corrected chi connectivity index (χ4v) is 2.04. The van der Waals surface area contributed by atoms with Gasteiger partial charge in [0, 0.05) is 31.5 Å². The standard InChI is InChI=1S/C12H15N3O4/c1-19-12(18)14-8-3-5-15(7-8)11(17)9-6-13-4-2-10(9)16/h2,4,6,8H,3,5,7H2,1H3,(H,13,16)(H,14,18). The Kier molecular flexibility index (Phi) is 3.84. The minimum absolute atomic E-state index is 0.112. The zero-order valence-electron chi connectivity index (χ0n) is 10.5. The summed E-state index contributed by atoms with van der Waals surface area (Å²) in [5.74, 6) is -0.323. The molecule has 1 fully saturated rings. The molecule has 0 saturated carbocycles. The minimum Gasteiger partial charge on any atom is -0.453 e. The third-order valence-corrected chi connectivity index (χ3v) is 3.04. The number of hydrogen-bond acceptors (Lipinski definition) is 4. The molecule has 1 aliphatic heterocycles. The molecule has 102 valence electrons. The van der Waals surface area contributed by atoms with Crippen LogP contribution in [0.15, 0.2) is 23.3 Å². The zero-order chi connectivity index (χ0) is 13.8. The van der Waals surface area contributed by atoms with Crippen LogP contribution in [0.1, 0.15) is 16.8 Å². The highest BCUT2D eigenvalue weighted by atomic mass is 16.5. The fourth-order valence-electron chi connectivity index (χ4n) is 2.04. The number of carbonyl (C=O) groups excluding carboxylic acids is 2. The van der Waals surface area contributed by atoms with Crippen LogP contribution in [0.25, 0.3) is 0 Å². The number of carbonyl (C=O) groups is 2. The van der Waals surface area contributed by atoms with E-state index in [1.165, 1.54) is 25.6 Å². The normalized spacial score (nSPS) is 18.2. The van der Waals surface area contributed by atoms with Crippen LogP contribution in [0.4, 0.5) is 4.79 Å². The molecule has 2 heterocycles. The number of nitrogens with zero attached hydrogens (tertiary/aromatic N) is 1. The first-order valence-electron chi connectivity index (χ1n) is 5.92. The molecule has 2 rings (SSSR count). The SMILES string of the molecule is COC(=O)NC1CCN(C(=O)c2c[nH]ccc2=O)C1. The molecule has 7 heteroatoms. The van der Waals surface area contributed by atoms with Crippen molar-refractivity contribution in [1.82, 2.24) is 15.2 Å². The van der Waals surface area contributed by atoms with E-state index in [0.29, 0.717) is 19.5 Å². The number of methoxy groups -OCH3 is 1. The van der Waals surface area contributed by atoms with E-state index in [4.69, 9.17) is 0 Å². The molecule has 0 spiro atoms. The summed E-state index contributed by atoms with van der Waals surface area (Å²) < 4.78 is 4.50. The van der Waals surface area contributed by atoms with Crippen molar-refractivity contribution in [1.29, 1.82) is 0 Å². The summed E-state index contributed by atoms with van der Waals surface area (Å²) in [6, 6.07) is 1.17. The van der Waals surface area contributed by atoms with Crippen molar-refractivity contribution in [2.75, 3.05) is 20.2 Å². The summed E-state index contributed by atoms with van der Waals surface area (Å²) in [5.41, 5.74) is -0.200. The maximum Gasteiger partial charge on any atom is 0.407 e. The molecular weight excluding hydrogens is 250 g/mol. The lowest BCUT2D eigenvalue weighted by molar-refractivity contribution is 0.0786. The lowest BCUT2D eigenvalue weighted by Gasteiger charge is -2.16. The molecule has 1 unspecified atom stereocenters. The van der Waals surface area contributed by atoms with Crippen molar-refractivity contribution in [3.63, 3.8) is 0 Å². The Hall–Kier alpha value is -2.31. The van der Waals surface area contributed by atoms with E-state index < -0.39 is 6.09 Å². The van der Waals surface area contributed by atoms with Crippen LogP contribution in [0.2, 0.25) is 0 Å². The smallest absolute Gasteiger partial charge is 0.407 e. The van der Waals surface area contributed by atoms with Crippen LogP contribution in [0.5, 0.6) is 0 Å². The number of hydrogen-bond donors (Lipinski definition) is 2. The number of H-pyrrole nitrogens is 1. The molecule has 7 nitrogen and oxygen atoms in total. The van der Waals surface area contributed by atoms with Gasteiger partial charge in [-0.1, -0.05) is 0 Å². The van der Waals surface area contributed by atoms with Crippen LogP contribution < -0.4 is 10.7 Å². The average molecular weight is 265 g/mol. The predicted octanol–water partition coefficient (Wildman–Crippen LogP) is -0.0546. The van der Waals surface area contributed by atoms with Gasteiger partial charge < -0.3 is 19.9 Å². The van der Waals surface area contributed by atoms with Gasteiger partial charge in [-0.15, -0.1) is 0 Å². The molecule has 0 bridgehead atoms. The van der Waals surface area contributed by atoms with E-state index in [1.54, 1.807) is 4.90 Å². The van der Waals surface area contributed by atoms with Gasteiger partial charge >= 0.3 is 6.09 Å². The highest BCUT2D eigenvalue weighted by Gasteiger charge is 2.29. The van der Waals surface area contributed by atoms with Gasteiger partial charge in [-0.2, -0.15) is 0 Å². The van der Waals surface area contributed by atoms with Gasteiger partial charge in [0.25, 0.3) is 5.91 Å². The second kappa shape index (κ2) is 5.55. The van der Waals surface area contributed by atoms with E-state index in [-0.39, 0.29) is 22.9 Å². The van der Waals surface area contributed by atoms with Crippen molar-refractivity contribution in [3.05, 3.63) is 34.2 Å². The monoisotopic (exact) mass is 265 g/mol. The Bertz CT molecular complexity index is 540. The number of rotatable bonds is 2. The maximum atomic E-state index is 12.1. The molecule has 0 aromatic carbocycles. The van der Waals surface area contributed by atoms with Crippen molar-refractivity contribution < 1.29 is 14.3 Å². The molecular formula is C12H15N3O4. The fraction of sp³-hybridized carbons (Fsp3) is 0.417. The van der Waals surface area contributed by atoms with E-state index in [1.807, 2.05) is 0 Å². The number of nitrogens with one attached hydrogen (secondary N) is 2. The molecule has 2 N–H and O–H groups in total. The topological polar surface area (TPSA) is 91.5 Å². The minimum atomic E-state index is -0.517. The van der Waals surface area contributed by atoms with Crippen molar-refractivity contribution in [2.45, 2.75) is 12.5 Å². The Balaban J connectivity index is 2.01. The summed E-state index contributed by atoms with van der Waals surface area (Å²) in [4.78, 5) is 39.0. The number of likely N-dealkylation sites (tertiary alicyclic amines) is 1. The number of amides is 2. The number of aromatic nitrogens is 1. The molecule has 1 saturated heterocycles. The van der Waals surface area contributed by atoms with Crippen LogP contribution in [-0.2, 0) is 4.74 Å². The molecule has 2 amide bonds. The number of ether oxygens (including phenoxy) is 1. The predicted molar refractivity (Wildman–Crippen MR) is 66.9 cm³/mol. The summed E-state index contributed by atoms with van der Waals surface area (Å²) >= 11 is 0. The third-order valence-electron chi connectivity index (χ3n) is 3.04. The summed E-state index contributed by atoms with van der Waals surface area (Å²) in [6.45, 7) is 0.879. The van der Waals surface area contributed by atoms with Crippen molar-refractivity contribution in [2.24, 2.45) is 0 Å².